The minimum absolute atomic E-state index is 0.115. The third kappa shape index (κ3) is 4.87. The van der Waals surface area contributed by atoms with Crippen LogP contribution >= 0.6 is 0 Å². The van der Waals surface area contributed by atoms with Crippen LogP contribution in [0.2, 0.25) is 0 Å². The quantitative estimate of drug-likeness (QED) is 0.667. The Labute approximate surface area is 124 Å². The van der Waals surface area contributed by atoms with Gasteiger partial charge in [0, 0.05) is 11.1 Å². The molecule has 21 heavy (non-hydrogen) atoms. The molecule has 116 valence electrons. The first-order valence-electron chi connectivity index (χ1n) is 6.30. The van der Waals surface area contributed by atoms with Crippen LogP contribution in [0, 0.1) is 12.3 Å². The summed E-state index contributed by atoms with van der Waals surface area (Å²) in [7, 11) is -3.73. The lowest BCUT2D eigenvalue weighted by Crippen LogP contribution is -2.41. The van der Waals surface area contributed by atoms with Gasteiger partial charge in [-0.25, -0.2) is 8.42 Å². The van der Waals surface area contributed by atoms with E-state index in [0.717, 1.165) is 5.56 Å². The maximum absolute atomic E-state index is 12.1. The van der Waals surface area contributed by atoms with Crippen LogP contribution in [0.1, 0.15) is 25.8 Å². The molecule has 0 aromatic heterocycles. The van der Waals surface area contributed by atoms with Gasteiger partial charge in [0.2, 0.25) is 0 Å². The molecule has 7 heteroatoms. The Hall–Kier alpha value is -1.86. The minimum atomic E-state index is -3.73. The largest absolute Gasteiger partial charge is 0.481 e. The van der Waals surface area contributed by atoms with Crippen LogP contribution in [0.15, 0.2) is 41.4 Å². The number of sulfonamides is 1. The number of aryl methyl sites for hydroxylation is 1. The molecular formula is C14H20N2O4S. The van der Waals surface area contributed by atoms with Crippen molar-refractivity contribution >= 4 is 16.0 Å². The molecule has 1 aromatic rings. The number of benzene rings is 1. The average molecular weight is 312 g/mol. The number of nitrogens with one attached hydrogen (secondary N) is 2. The number of hydrazine groups is 1. The molecule has 0 amide bonds. The van der Waals surface area contributed by atoms with Crippen LogP contribution in [0.4, 0.5) is 0 Å². The molecule has 3 N–H and O–H groups in total. The van der Waals surface area contributed by atoms with Crippen LogP contribution in [0.5, 0.6) is 0 Å². The number of aliphatic carboxylic acids is 1. The summed E-state index contributed by atoms with van der Waals surface area (Å²) in [6.07, 6.45) is -0.162. The molecule has 1 aromatic carbocycles. The molecule has 0 fully saturated rings. The van der Waals surface area contributed by atoms with Gasteiger partial charge >= 0.3 is 5.97 Å². The molecule has 0 aliphatic rings. The van der Waals surface area contributed by atoms with E-state index in [0.29, 0.717) is 0 Å². The van der Waals surface area contributed by atoms with Crippen LogP contribution in [0.3, 0.4) is 0 Å². The lowest BCUT2D eigenvalue weighted by Gasteiger charge is -2.26. The fourth-order valence-corrected chi connectivity index (χ4v) is 2.43. The maximum atomic E-state index is 12.1. The van der Waals surface area contributed by atoms with Gasteiger partial charge in [-0.15, -0.1) is 4.83 Å². The van der Waals surface area contributed by atoms with Gasteiger partial charge in [-0.05, 0) is 19.1 Å². The Morgan fingerprint density at radius 2 is 1.81 bits per heavy atom. The molecule has 1 rings (SSSR count). The lowest BCUT2D eigenvalue weighted by atomic mass is 9.86. The maximum Gasteiger partial charge on any atom is 0.304 e. The van der Waals surface area contributed by atoms with Gasteiger partial charge in [0.1, 0.15) is 0 Å². The monoisotopic (exact) mass is 312 g/mol. The number of rotatable bonds is 7. The van der Waals surface area contributed by atoms with E-state index in [9.17, 15) is 13.2 Å². The Morgan fingerprint density at radius 3 is 2.29 bits per heavy atom. The molecule has 6 nitrogen and oxygen atoms in total. The van der Waals surface area contributed by atoms with E-state index < -0.39 is 21.4 Å². The SMILES string of the molecule is C=C(NNS(=O)(=O)c1ccc(C)cc1)C(C)(C)CC(=O)O. The number of carbonyl (C=O) groups is 1. The molecule has 0 saturated carbocycles. The molecule has 0 aliphatic heterocycles. The summed E-state index contributed by atoms with van der Waals surface area (Å²) in [5.41, 5.74) is 2.93. The fourth-order valence-electron chi connectivity index (χ4n) is 1.56. The van der Waals surface area contributed by atoms with Crippen LogP contribution in [0.25, 0.3) is 0 Å². The summed E-state index contributed by atoms with van der Waals surface area (Å²) in [6.45, 7) is 8.88. The number of hydrogen-bond acceptors (Lipinski definition) is 4. The first kappa shape index (κ1) is 17.2. The summed E-state index contributed by atoms with van der Waals surface area (Å²) in [5, 5.41) is 8.82. The van der Waals surface area contributed by atoms with E-state index in [1.807, 2.05) is 6.92 Å². The second-order valence-corrected chi connectivity index (χ2v) is 7.16. The standard InChI is InChI=1S/C14H20N2O4S/c1-10-5-7-12(8-6-10)21(19,20)16-15-11(2)14(3,4)9-13(17)18/h5-8,15-16H,2,9H2,1,3-4H3,(H,17,18). The van der Waals surface area contributed by atoms with E-state index in [1.165, 1.54) is 12.1 Å². The molecule has 0 spiro atoms. The highest BCUT2D eigenvalue weighted by Crippen LogP contribution is 2.26. The molecule has 0 heterocycles. The normalized spacial score (nSPS) is 12.0. The van der Waals surface area contributed by atoms with Crippen molar-refractivity contribution in [2.45, 2.75) is 32.1 Å². The topological polar surface area (TPSA) is 95.5 Å². The van der Waals surface area contributed by atoms with Crippen LogP contribution < -0.4 is 10.3 Å². The zero-order valence-electron chi connectivity index (χ0n) is 12.3. The van der Waals surface area contributed by atoms with Crippen LogP contribution in [-0.4, -0.2) is 19.5 Å². The van der Waals surface area contributed by atoms with Crippen molar-refractivity contribution in [2.75, 3.05) is 0 Å². The molecular weight excluding hydrogens is 292 g/mol. The second kappa shape index (κ2) is 6.28. The van der Waals surface area contributed by atoms with Crippen molar-refractivity contribution in [3.05, 3.63) is 42.1 Å². The smallest absolute Gasteiger partial charge is 0.304 e. The molecule has 0 radical (unpaired) electrons. The van der Waals surface area contributed by atoms with Gasteiger partial charge in [0.05, 0.1) is 11.3 Å². The van der Waals surface area contributed by atoms with Crippen molar-refractivity contribution in [2.24, 2.45) is 5.41 Å². The summed E-state index contributed by atoms with van der Waals surface area (Å²) in [5.74, 6) is -0.982. The minimum Gasteiger partial charge on any atom is -0.481 e. The van der Waals surface area contributed by atoms with E-state index in [4.69, 9.17) is 5.11 Å². The summed E-state index contributed by atoms with van der Waals surface area (Å²) >= 11 is 0. The summed E-state index contributed by atoms with van der Waals surface area (Å²) in [4.78, 5) is 13.1. The predicted molar refractivity (Wildman–Crippen MR) is 79.8 cm³/mol. The van der Waals surface area contributed by atoms with Gasteiger partial charge in [-0.1, -0.05) is 38.1 Å². The molecule has 0 unspecified atom stereocenters. The Balaban J connectivity index is 2.76. The lowest BCUT2D eigenvalue weighted by molar-refractivity contribution is -0.138. The first-order valence-corrected chi connectivity index (χ1v) is 7.78. The van der Waals surface area contributed by atoms with Gasteiger partial charge in [-0.2, -0.15) is 0 Å². The van der Waals surface area contributed by atoms with E-state index in [-0.39, 0.29) is 17.0 Å². The van der Waals surface area contributed by atoms with Crippen molar-refractivity contribution in [3.63, 3.8) is 0 Å². The highest BCUT2D eigenvalue weighted by molar-refractivity contribution is 7.89. The third-order valence-electron chi connectivity index (χ3n) is 3.08. The average Bonchev–Trinajstić information content (AvgIpc) is 2.35. The molecule has 0 aliphatic carbocycles. The predicted octanol–water partition coefficient (Wildman–Crippen LogP) is 1.79. The molecule has 0 atom stereocenters. The van der Waals surface area contributed by atoms with Gasteiger partial charge in [0.15, 0.2) is 0 Å². The van der Waals surface area contributed by atoms with Gasteiger partial charge in [-0.3, -0.25) is 4.79 Å². The van der Waals surface area contributed by atoms with Crippen molar-refractivity contribution in [1.29, 1.82) is 0 Å². The second-order valence-electron chi connectivity index (χ2n) is 5.48. The van der Waals surface area contributed by atoms with Crippen molar-refractivity contribution in [3.8, 4) is 0 Å². The molecule has 0 bridgehead atoms. The van der Waals surface area contributed by atoms with Gasteiger partial charge < -0.3 is 10.5 Å². The number of carboxylic acid groups (broad SMARTS) is 1. The van der Waals surface area contributed by atoms with Crippen LogP contribution in [-0.2, 0) is 14.8 Å². The Bertz CT molecular complexity index is 633. The zero-order valence-corrected chi connectivity index (χ0v) is 13.1. The molecule has 0 saturated heterocycles. The summed E-state index contributed by atoms with van der Waals surface area (Å²) < 4.78 is 24.1. The number of carboxylic acids is 1. The highest BCUT2D eigenvalue weighted by Gasteiger charge is 2.26. The van der Waals surface area contributed by atoms with E-state index in [2.05, 4.69) is 16.8 Å². The first-order chi connectivity index (χ1) is 9.54. The van der Waals surface area contributed by atoms with E-state index in [1.54, 1.807) is 26.0 Å². The fraction of sp³-hybridized carbons (Fsp3) is 0.357. The zero-order chi connectivity index (χ0) is 16.3. The Kier molecular flexibility index (Phi) is 5.14. The van der Waals surface area contributed by atoms with E-state index >= 15 is 0 Å². The van der Waals surface area contributed by atoms with Gasteiger partial charge in [0.25, 0.3) is 10.0 Å². The number of allylic oxidation sites excluding steroid dienone is 1. The van der Waals surface area contributed by atoms with Crippen molar-refractivity contribution in [1.82, 2.24) is 10.3 Å². The third-order valence-corrected chi connectivity index (χ3v) is 4.34. The highest BCUT2D eigenvalue weighted by atomic mass is 32.2. The number of hydrogen-bond donors (Lipinski definition) is 3. The Morgan fingerprint density at radius 1 is 1.29 bits per heavy atom. The summed E-state index contributed by atoms with van der Waals surface area (Å²) in [6, 6.07) is 6.37. The van der Waals surface area contributed by atoms with Crippen molar-refractivity contribution < 1.29 is 18.3 Å².